The number of aromatic nitrogens is 5. The van der Waals surface area contributed by atoms with Crippen LogP contribution in [0.1, 0.15) is 29.2 Å². The average Bonchev–Trinajstić information content (AvgIpc) is 3.41. The number of carbonyl (C=O) groups is 1. The molecule has 5 heterocycles. The average molecular weight is 461 g/mol. The summed E-state index contributed by atoms with van der Waals surface area (Å²) in [6.07, 6.45) is 7.48. The fraction of sp³-hybridized carbons (Fsp3) is 0.417. The van der Waals surface area contributed by atoms with E-state index in [0.29, 0.717) is 17.3 Å². The number of hydrogen-bond donors (Lipinski definition) is 2. The lowest BCUT2D eigenvalue weighted by Gasteiger charge is -2.37. The fourth-order valence-corrected chi connectivity index (χ4v) is 5.01. The molecule has 34 heavy (non-hydrogen) atoms. The van der Waals surface area contributed by atoms with E-state index in [1.165, 1.54) is 0 Å². The quantitative estimate of drug-likeness (QED) is 0.455. The van der Waals surface area contributed by atoms with Gasteiger partial charge < -0.3 is 24.8 Å². The van der Waals surface area contributed by atoms with E-state index in [1.807, 2.05) is 25.4 Å². The monoisotopic (exact) mass is 460 g/mol. The highest BCUT2D eigenvalue weighted by atomic mass is 16.5. The molecular formula is C24H28N8O2. The number of carbonyl (C=O) groups excluding carboxylic acids is 1. The zero-order valence-electron chi connectivity index (χ0n) is 19.5. The Labute approximate surface area is 196 Å². The van der Waals surface area contributed by atoms with Gasteiger partial charge >= 0.3 is 0 Å². The number of hydrogen-bond acceptors (Lipinski definition) is 7. The van der Waals surface area contributed by atoms with Gasteiger partial charge in [0.2, 0.25) is 0 Å². The summed E-state index contributed by atoms with van der Waals surface area (Å²) in [7, 11) is 5.64. The molecule has 0 radical (unpaired) electrons. The molecule has 4 aromatic heterocycles. The molecule has 0 bridgehead atoms. The van der Waals surface area contributed by atoms with Crippen molar-refractivity contribution in [1.29, 1.82) is 0 Å². The molecule has 176 valence electrons. The van der Waals surface area contributed by atoms with Crippen molar-refractivity contribution < 1.29 is 9.53 Å². The van der Waals surface area contributed by atoms with E-state index >= 15 is 0 Å². The molecule has 0 aromatic carbocycles. The first-order chi connectivity index (χ1) is 16.6. The summed E-state index contributed by atoms with van der Waals surface area (Å²) in [5.41, 5.74) is 3.67. The van der Waals surface area contributed by atoms with Crippen molar-refractivity contribution in [3.63, 3.8) is 0 Å². The molecule has 6 rings (SSSR count). The first-order valence-electron chi connectivity index (χ1n) is 11.6. The van der Waals surface area contributed by atoms with Crippen LogP contribution in [0.3, 0.4) is 0 Å². The topological polar surface area (TPSA) is 102 Å². The van der Waals surface area contributed by atoms with E-state index in [-0.39, 0.29) is 18.1 Å². The summed E-state index contributed by atoms with van der Waals surface area (Å²) >= 11 is 0. The Morgan fingerprint density at radius 1 is 1.24 bits per heavy atom. The van der Waals surface area contributed by atoms with Crippen molar-refractivity contribution in [2.45, 2.75) is 31.0 Å². The van der Waals surface area contributed by atoms with Gasteiger partial charge in [-0.15, -0.1) is 0 Å². The van der Waals surface area contributed by atoms with Crippen molar-refractivity contribution in [1.82, 2.24) is 34.4 Å². The largest absolute Gasteiger partial charge is 0.379 e. The number of pyridine rings is 1. The molecule has 1 aliphatic carbocycles. The van der Waals surface area contributed by atoms with Crippen LogP contribution in [0.5, 0.6) is 0 Å². The minimum Gasteiger partial charge on any atom is -0.379 e. The molecule has 10 heteroatoms. The summed E-state index contributed by atoms with van der Waals surface area (Å²) in [5.74, 6) is 0.570. The highest BCUT2D eigenvalue weighted by Gasteiger charge is 2.33. The number of methoxy groups -OCH3 is 1. The molecule has 2 fully saturated rings. The number of rotatable bonds is 6. The Balaban J connectivity index is 1.44. The summed E-state index contributed by atoms with van der Waals surface area (Å²) in [6, 6.07) is 6.39. The second-order valence-corrected chi connectivity index (χ2v) is 9.20. The Morgan fingerprint density at radius 2 is 2.09 bits per heavy atom. The van der Waals surface area contributed by atoms with Crippen LogP contribution in [0.2, 0.25) is 0 Å². The van der Waals surface area contributed by atoms with Crippen LogP contribution < -0.4 is 10.6 Å². The number of nitrogens with zero attached hydrogens (tertiary/aromatic N) is 6. The molecule has 0 spiro atoms. The van der Waals surface area contributed by atoms with E-state index in [4.69, 9.17) is 9.72 Å². The summed E-state index contributed by atoms with van der Waals surface area (Å²) in [4.78, 5) is 25.0. The second-order valence-electron chi connectivity index (χ2n) is 9.20. The maximum atomic E-state index is 13.1. The maximum absolute atomic E-state index is 13.1. The van der Waals surface area contributed by atoms with Crippen molar-refractivity contribution in [2.24, 2.45) is 0 Å². The van der Waals surface area contributed by atoms with E-state index in [2.05, 4.69) is 49.5 Å². The third kappa shape index (κ3) is 3.24. The molecule has 2 N–H and O–H groups in total. The number of likely N-dealkylation sites (tertiary alicyclic amines) is 1. The SMILES string of the molecule is CNc1cc(-c2cn(C3CN(C)C3)c3ncccc23)nc2c(C(=O)NC3CC[C@@H]3OC)cnn12. The van der Waals surface area contributed by atoms with Crippen LogP contribution in [-0.2, 0) is 4.74 Å². The first kappa shape index (κ1) is 21.1. The van der Waals surface area contributed by atoms with E-state index in [1.54, 1.807) is 17.8 Å². The van der Waals surface area contributed by atoms with Crippen LogP contribution in [0.15, 0.2) is 36.8 Å². The first-order valence-corrected chi connectivity index (χ1v) is 11.6. The number of anilines is 1. The Bertz CT molecular complexity index is 1380. The molecule has 2 aliphatic rings. The smallest absolute Gasteiger partial charge is 0.257 e. The molecular weight excluding hydrogens is 432 g/mol. The van der Waals surface area contributed by atoms with Gasteiger partial charge in [-0.2, -0.15) is 9.61 Å². The van der Waals surface area contributed by atoms with E-state index in [0.717, 1.165) is 54.0 Å². The lowest BCUT2D eigenvalue weighted by atomic mass is 9.89. The normalized spacial score (nSPS) is 20.9. The molecule has 1 saturated heterocycles. The van der Waals surface area contributed by atoms with Crippen LogP contribution in [0.25, 0.3) is 27.9 Å². The van der Waals surface area contributed by atoms with Crippen LogP contribution in [-0.4, -0.2) is 81.4 Å². The minimum absolute atomic E-state index is 0.0176. The standard InChI is InChI=1S/C24H28N8O2/c1-25-21-9-19(17-13-31(14-11-30(2)12-14)22-15(17)5-4-8-26-22)28-23-16(10-27-32(21)23)24(33)29-18-6-7-20(18)34-3/h4-5,8-10,13-14,18,20,25H,6-7,11-12H2,1-3H3,(H,29,33)/t18?,20-/m0/s1. The van der Waals surface area contributed by atoms with Gasteiger partial charge in [0, 0.05) is 56.7 Å². The van der Waals surface area contributed by atoms with E-state index < -0.39 is 0 Å². The summed E-state index contributed by atoms with van der Waals surface area (Å²) < 4.78 is 9.35. The van der Waals surface area contributed by atoms with Crippen LogP contribution >= 0.6 is 0 Å². The number of amides is 1. The highest BCUT2D eigenvalue weighted by Crippen LogP contribution is 2.34. The Hall–Kier alpha value is -3.50. The molecule has 1 amide bonds. The molecule has 1 aliphatic heterocycles. The zero-order valence-corrected chi connectivity index (χ0v) is 19.5. The van der Waals surface area contributed by atoms with Crippen LogP contribution in [0, 0.1) is 0 Å². The van der Waals surface area contributed by atoms with Gasteiger partial charge in [0.25, 0.3) is 5.91 Å². The van der Waals surface area contributed by atoms with Crippen molar-refractivity contribution in [3.05, 3.63) is 42.4 Å². The minimum atomic E-state index is -0.185. The molecule has 10 nitrogen and oxygen atoms in total. The molecule has 4 aromatic rings. The van der Waals surface area contributed by atoms with Crippen molar-refractivity contribution in [3.8, 4) is 11.3 Å². The number of fused-ring (bicyclic) bond motifs is 2. The van der Waals surface area contributed by atoms with Crippen molar-refractivity contribution in [2.75, 3.05) is 39.6 Å². The van der Waals surface area contributed by atoms with Gasteiger partial charge in [0.1, 0.15) is 17.0 Å². The van der Waals surface area contributed by atoms with Gasteiger partial charge in [0.05, 0.1) is 30.1 Å². The Kier molecular flexibility index (Phi) is 5.00. The van der Waals surface area contributed by atoms with Gasteiger partial charge in [-0.1, -0.05) is 0 Å². The van der Waals surface area contributed by atoms with Gasteiger partial charge in [-0.3, -0.25) is 4.79 Å². The predicted molar refractivity (Wildman–Crippen MR) is 129 cm³/mol. The maximum Gasteiger partial charge on any atom is 0.257 e. The van der Waals surface area contributed by atoms with Crippen molar-refractivity contribution >= 4 is 28.4 Å². The zero-order chi connectivity index (χ0) is 23.4. The Morgan fingerprint density at radius 3 is 2.79 bits per heavy atom. The number of ether oxygens (including phenoxy) is 1. The third-order valence-electron chi connectivity index (χ3n) is 7.11. The molecule has 1 unspecified atom stereocenters. The lowest BCUT2D eigenvalue weighted by molar-refractivity contribution is 0.00732. The number of nitrogens with one attached hydrogen (secondary N) is 2. The molecule has 1 saturated carbocycles. The van der Waals surface area contributed by atoms with E-state index in [9.17, 15) is 4.79 Å². The van der Waals surface area contributed by atoms with Gasteiger partial charge in [-0.25, -0.2) is 9.97 Å². The predicted octanol–water partition coefficient (Wildman–Crippen LogP) is 2.18. The third-order valence-corrected chi connectivity index (χ3v) is 7.11. The van der Waals surface area contributed by atoms with Gasteiger partial charge in [-0.05, 0) is 32.0 Å². The fourth-order valence-electron chi connectivity index (χ4n) is 5.01. The summed E-state index contributed by atoms with van der Waals surface area (Å²) in [6.45, 7) is 1.98. The molecule has 2 atom stereocenters. The number of likely N-dealkylation sites (N-methyl/N-ethyl adjacent to an activating group) is 1. The second kappa shape index (κ2) is 8.07. The highest BCUT2D eigenvalue weighted by molar-refractivity contribution is 6.01. The van der Waals surface area contributed by atoms with Crippen LogP contribution in [0.4, 0.5) is 5.82 Å². The van der Waals surface area contributed by atoms with Gasteiger partial charge in [0.15, 0.2) is 5.65 Å². The summed E-state index contributed by atoms with van der Waals surface area (Å²) in [5, 5.41) is 11.8. The lowest BCUT2D eigenvalue weighted by Crippen LogP contribution is -2.51.